The third-order valence-electron chi connectivity index (χ3n) is 3.46. The van der Waals surface area contributed by atoms with Gasteiger partial charge in [0, 0.05) is 16.8 Å². The van der Waals surface area contributed by atoms with Crippen LogP contribution in [0.4, 0.5) is 5.69 Å². The molecule has 5 heteroatoms. The van der Waals surface area contributed by atoms with Crippen LogP contribution in [0.25, 0.3) is 4.96 Å². The van der Waals surface area contributed by atoms with E-state index in [1.54, 1.807) is 11.3 Å². The lowest BCUT2D eigenvalue weighted by molar-refractivity contribution is 0.340. The Morgan fingerprint density at radius 1 is 1.24 bits per heavy atom. The van der Waals surface area contributed by atoms with Gasteiger partial charge in [0.15, 0.2) is 4.96 Å². The number of anilines is 1. The van der Waals surface area contributed by atoms with Gasteiger partial charge in [0.05, 0.1) is 24.5 Å². The lowest BCUT2D eigenvalue weighted by Gasteiger charge is -2.09. The predicted octanol–water partition coefficient (Wildman–Crippen LogP) is 4.02. The van der Waals surface area contributed by atoms with Crippen LogP contribution < -0.4 is 10.1 Å². The lowest BCUT2D eigenvalue weighted by Crippen LogP contribution is -2.04. The van der Waals surface area contributed by atoms with Crippen molar-refractivity contribution >= 4 is 22.0 Å². The number of rotatable bonds is 5. The Balaban J connectivity index is 1.76. The highest BCUT2D eigenvalue weighted by molar-refractivity contribution is 7.15. The van der Waals surface area contributed by atoms with Crippen molar-refractivity contribution in [3.05, 3.63) is 46.7 Å². The number of nitrogens with one attached hydrogen (secondary N) is 1. The quantitative estimate of drug-likeness (QED) is 0.773. The van der Waals surface area contributed by atoms with Crippen LogP contribution in [0.1, 0.15) is 24.0 Å². The van der Waals surface area contributed by atoms with Crippen molar-refractivity contribution in [2.75, 3.05) is 11.9 Å². The molecule has 1 N–H and O–H groups in total. The molecule has 3 aromatic rings. The highest BCUT2D eigenvalue weighted by Crippen LogP contribution is 2.22. The zero-order chi connectivity index (χ0) is 14.8. The Bertz CT molecular complexity index is 743. The maximum absolute atomic E-state index is 5.45. The minimum absolute atomic E-state index is 0.692. The van der Waals surface area contributed by atoms with Crippen molar-refractivity contribution in [2.45, 2.75) is 27.3 Å². The molecule has 0 radical (unpaired) electrons. The van der Waals surface area contributed by atoms with Gasteiger partial charge in [0.25, 0.3) is 0 Å². The second-order valence-electron chi connectivity index (χ2n) is 4.95. The molecule has 3 rings (SSSR count). The Morgan fingerprint density at radius 3 is 2.71 bits per heavy atom. The number of hydrogen-bond acceptors (Lipinski definition) is 4. The second kappa shape index (κ2) is 5.77. The molecule has 1 aromatic carbocycles. The molecular formula is C16H19N3OS. The third kappa shape index (κ3) is 2.74. The average molecular weight is 301 g/mol. The smallest absolute Gasteiger partial charge is 0.194 e. The van der Waals surface area contributed by atoms with E-state index in [0.717, 1.165) is 28.6 Å². The number of thiazole rings is 1. The molecule has 21 heavy (non-hydrogen) atoms. The van der Waals surface area contributed by atoms with Gasteiger partial charge in [-0.15, -0.1) is 11.3 Å². The van der Waals surface area contributed by atoms with Gasteiger partial charge in [-0.1, -0.05) is 0 Å². The average Bonchev–Trinajstić information content (AvgIpc) is 2.98. The second-order valence-corrected chi connectivity index (χ2v) is 5.79. The first-order valence-corrected chi connectivity index (χ1v) is 7.95. The number of hydrogen-bond donors (Lipinski definition) is 1. The molecule has 4 nitrogen and oxygen atoms in total. The van der Waals surface area contributed by atoms with Crippen LogP contribution in [0, 0.1) is 13.8 Å². The molecule has 0 fully saturated rings. The maximum atomic E-state index is 5.45. The molecule has 0 atom stereocenters. The van der Waals surface area contributed by atoms with E-state index >= 15 is 0 Å². The van der Waals surface area contributed by atoms with Crippen LogP contribution in [-0.4, -0.2) is 16.0 Å². The zero-order valence-corrected chi connectivity index (χ0v) is 13.3. The Hall–Kier alpha value is -2.01. The first kappa shape index (κ1) is 13.9. The van der Waals surface area contributed by atoms with Gasteiger partial charge >= 0.3 is 0 Å². The van der Waals surface area contributed by atoms with Gasteiger partial charge in [-0.05, 0) is 45.0 Å². The molecule has 2 aromatic heterocycles. The summed E-state index contributed by atoms with van der Waals surface area (Å²) in [6.07, 6.45) is 0. The number of nitrogens with zero attached hydrogens (tertiary/aromatic N) is 2. The summed E-state index contributed by atoms with van der Waals surface area (Å²) in [6, 6.07) is 8.05. The third-order valence-corrected chi connectivity index (χ3v) is 4.40. The van der Waals surface area contributed by atoms with Gasteiger partial charge in [0.1, 0.15) is 5.75 Å². The van der Waals surface area contributed by atoms with Gasteiger partial charge in [-0.25, -0.2) is 4.98 Å². The molecular weight excluding hydrogens is 282 g/mol. The number of ether oxygens (including phenoxy) is 1. The number of imidazole rings is 1. The Morgan fingerprint density at radius 2 is 2.00 bits per heavy atom. The molecule has 110 valence electrons. The van der Waals surface area contributed by atoms with Crippen molar-refractivity contribution in [1.82, 2.24) is 9.38 Å². The van der Waals surface area contributed by atoms with Crippen molar-refractivity contribution in [3.8, 4) is 5.75 Å². The number of aromatic nitrogens is 2. The molecule has 0 amide bonds. The van der Waals surface area contributed by atoms with E-state index < -0.39 is 0 Å². The summed E-state index contributed by atoms with van der Waals surface area (Å²) in [6.45, 7) is 7.62. The van der Waals surface area contributed by atoms with E-state index in [1.807, 2.05) is 31.2 Å². The molecule has 0 saturated carbocycles. The van der Waals surface area contributed by atoms with E-state index in [4.69, 9.17) is 4.74 Å². The van der Waals surface area contributed by atoms with Gasteiger partial charge in [0.2, 0.25) is 0 Å². The van der Waals surface area contributed by atoms with E-state index in [0.29, 0.717) is 6.61 Å². The minimum Gasteiger partial charge on any atom is -0.494 e. The molecule has 0 aliphatic carbocycles. The fourth-order valence-electron chi connectivity index (χ4n) is 2.40. The molecule has 0 spiro atoms. The van der Waals surface area contributed by atoms with Gasteiger partial charge in [-0.2, -0.15) is 0 Å². The van der Waals surface area contributed by atoms with Crippen LogP contribution >= 0.6 is 11.3 Å². The first-order valence-electron chi connectivity index (χ1n) is 7.07. The maximum Gasteiger partial charge on any atom is 0.194 e. The molecule has 0 bridgehead atoms. The van der Waals surface area contributed by atoms with Crippen molar-refractivity contribution in [2.24, 2.45) is 0 Å². The summed E-state index contributed by atoms with van der Waals surface area (Å²) in [5, 5.41) is 5.60. The molecule has 0 aliphatic heterocycles. The highest BCUT2D eigenvalue weighted by Gasteiger charge is 2.11. The number of aryl methyl sites for hydroxylation is 2. The Labute approximate surface area is 128 Å². The highest BCUT2D eigenvalue weighted by atomic mass is 32.1. The van der Waals surface area contributed by atoms with Crippen LogP contribution in [0.15, 0.2) is 29.6 Å². The zero-order valence-electron chi connectivity index (χ0n) is 12.5. The van der Waals surface area contributed by atoms with E-state index in [2.05, 4.69) is 33.9 Å². The van der Waals surface area contributed by atoms with Gasteiger partial charge in [-0.3, -0.25) is 4.40 Å². The fraction of sp³-hybridized carbons (Fsp3) is 0.312. The summed E-state index contributed by atoms with van der Waals surface area (Å²) >= 11 is 1.69. The summed E-state index contributed by atoms with van der Waals surface area (Å²) in [5.41, 5.74) is 4.63. The first-order chi connectivity index (χ1) is 10.2. The summed E-state index contributed by atoms with van der Waals surface area (Å²) in [5.74, 6) is 0.902. The molecule has 2 heterocycles. The summed E-state index contributed by atoms with van der Waals surface area (Å²) in [7, 11) is 0. The van der Waals surface area contributed by atoms with E-state index in [9.17, 15) is 0 Å². The van der Waals surface area contributed by atoms with Gasteiger partial charge < -0.3 is 10.1 Å². The Kier molecular flexibility index (Phi) is 3.84. The summed E-state index contributed by atoms with van der Waals surface area (Å²) < 4.78 is 7.68. The normalized spacial score (nSPS) is 11.0. The topological polar surface area (TPSA) is 38.6 Å². The largest absolute Gasteiger partial charge is 0.494 e. The lowest BCUT2D eigenvalue weighted by atomic mass is 10.2. The number of fused-ring (bicyclic) bond motifs is 1. The van der Waals surface area contributed by atoms with Crippen molar-refractivity contribution in [1.29, 1.82) is 0 Å². The monoisotopic (exact) mass is 301 g/mol. The van der Waals surface area contributed by atoms with Crippen LogP contribution in [0.5, 0.6) is 5.75 Å². The minimum atomic E-state index is 0.692. The van der Waals surface area contributed by atoms with E-state index in [-0.39, 0.29) is 0 Å². The van der Waals surface area contributed by atoms with Crippen LogP contribution in [0.3, 0.4) is 0 Å². The standard InChI is InChI=1S/C16H19N3OS/c1-4-20-14-7-5-13(6-8-14)17-9-15-12(3)18-16-19(15)11(2)10-21-16/h5-8,10,17H,4,9H2,1-3H3. The van der Waals surface area contributed by atoms with E-state index in [1.165, 1.54) is 11.4 Å². The SMILES string of the molecule is CCOc1ccc(NCc2c(C)nc3scc(C)n23)cc1. The van der Waals surface area contributed by atoms with Crippen LogP contribution in [-0.2, 0) is 6.54 Å². The fourth-order valence-corrected chi connectivity index (χ4v) is 3.33. The van der Waals surface area contributed by atoms with Crippen molar-refractivity contribution < 1.29 is 4.74 Å². The summed E-state index contributed by atoms with van der Waals surface area (Å²) in [4.78, 5) is 5.67. The molecule has 0 aliphatic rings. The van der Waals surface area contributed by atoms with Crippen LogP contribution in [0.2, 0.25) is 0 Å². The predicted molar refractivity (Wildman–Crippen MR) is 87.5 cm³/mol. The molecule has 0 saturated heterocycles. The molecule has 0 unspecified atom stereocenters. The van der Waals surface area contributed by atoms with Crippen molar-refractivity contribution in [3.63, 3.8) is 0 Å². The number of benzene rings is 1.